The van der Waals surface area contributed by atoms with E-state index in [1.54, 1.807) is 30.3 Å². The number of terminal acetylenes is 1. The van der Waals surface area contributed by atoms with Crippen LogP contribution in [0.4, 0.5) is 0 Å². The topological polar surface area (TPSA) is 111 Å². The Morgan fingerprint density at radius 2 is 2.26 bits per heavy atom. The predicted octanol–water partition coefficient (Wildman–Crippen LogP) is 0.354. The highest BCUT2D eigenvalue weighted by atomic mass is 16.6. The predicted molar refractivity (Wildman–Crippen MR) is 95.1 cm³/mol. The molecule has 1 aliphatic heterocycles. The zero-order chi connectivity index (χ0) is 20.3. The number of rotatable bonds is 4. The number of aliphatic hydroxyl groups excluding tert-OH is 1. The number of aromatic nitrogens is 2. The summed E-state index contributed by atoms with van der Waals surface area (Å²) in [5, 5.41) is 10.5. The second-order valence-corrected chi connectivity index (χ2v) is 6.26. The van der Waals surface area contributed by atoms with Gasteiger partial charge in [-0.3, -0.25) is 14.3 Å². The van der Waals surface area contributed by atoms with Gasteiger partial charge < -0.3 is 14.6 Å². The summed E-state index contributed by atoms with van der Waals surface area (Å²) in [5.41, 5.74) is -2.29. The summed E-state index contributed by atoms with van der Waals surface area (Å²) in [6, 6.07) is 8.25. The van der Waals surface area contributed by atoms with Crippen LogP contribution in [0, 0.1) is 19.2 Å². The van der Waals surface area contributed by atoms with Crippen LogP contribution in [0.25, 0.3) is 0 Å². The molecule has 3 atom stereocenters. The lowest BCUT2D eigenvalue weighted by molar-refractivity contribution is -0.0952. The summed E-state index contributed by atoms with van der Waals surface area (Å²) >= 11 is 0. The molecule has 2 N–H and O–H groups in total. The molecule has 1 aromatic carbocycles. The van der Waals surface area contributed by atoms with E-state index < -0.39 is 41.8 Å². The van der Waals surface area contributed by atoms with Gasteiger partial charge in [0.1, 0.15) is 20.3 Å². The van der Waals surface area contributed by atoms with Gasteiger partial charge in [0.2, 0.25) is 0 Å². The van der Waals surface area contributed by atoms with Crippen LogP contribution < -0.4 is 11.2 Å². The molecule has 1 saturated heterocycles. The first-order chi connectivity index (χ1) is 13.4. The minimum atomic E-state index is -1.67. The number of carbonyl (C=O) groups excluding carboxylic acids is 1. The molecule has 8 nitrogen and oxygen atoms in total. The Bertz CT molecular complexity index is 1050. The third kappa shape index (κ3) is 3.56. The molecular weight excluding hydrogens is 352 g/mol. The monoisotopic (exact) mass is 371 g/mol. The lowest BCUT2D eigenvalue weighted by Gasteiger charge is -2.26. The minimum absolute atomic E-state index is 0.0387. The van der Waals surface area contributed by atoms with Gasteiger partial charge in [-0.15, -0.1) is 6.40 Å². The van der Waals surface area contributed by atoms with Crippen LogP contribution in [0.1, 0.15) is 29.9 Å². The standard InChI is InChI=1S/C19H18N2O6/c1-3-19(11-26-17(24)13-7-5-4-6-8-13)14(22)9-15(27-19)21-10-12(2)16(23)20-18(21)25/h1,4-8,10,14-15,22H,9,11H2,2H3,(H,20,23,25)/t14-,15?,19-/m1/s1/i1D. The molecule has 1 fully saturated rings. The second kappa shape index (κ2) is 7.23. The zero-order valence-electron chi connectivity index (χ0n) is 15.5. The highest BCUT2D eigenvalue weighted by molar-refractivity contribution is 5.89. The fourth-order valence-electron chi connectivity index (χ4n) is 2.83. The highest BCUT2D eigenvalue weighted by Crippen LogP contribution is 2.36. The van der Waals surface area contributed by atoms with Gasteiger partial charge in [-0.1, -0.05) is 24.1 Å². The van der Waals surface area contributed by atoms with Crippen LogP contribution in [0.3, 0.4) is 0 Å². The molecule has 2 aromatic rings. The van der Waals surface area contributed by atoms with Crippen molar-refractivity contribution >= 4 is 5.97 Å². The van der Waals surface area contributed by atoms with E-state index in [0.29, 0.717) is 5.56 Å². The summed E-state index contributed by atoms with van der Waals surface area (Å²) in [4.78, 5) is 38.0. The average Bonchev–Trinajstić information content (AvgIpc) is 3.00. The Morgan fingerprint density at radius 3 is 2.96 bits per heavy atom. The Balaban J connectivity index is 1.84. The number of nitrogens with one attached hydrogen (secondary N) is 1. The van der Waals surface area contributed by atoms with Crippen molar-refractivity contribution in [1.29, 1.82) is 0 Å². The largest absolute Gasteiger partial charge is 0.458 e. The molecule has 1 aromatic heterocycles. The van der Waals surface area contributed by atoms with Crippen LogP contribution in [-0.4, -0.2) is 38.9 Å². The minimum Gasteiger partial charge on any atom is -0.458 e. The van der Waals surface area contributed by atoms with Crippen LogP contribution in [-0.2, 0) is 9.47 Å². The number of hydrogen-bond donors (Lipinski definition) is 2. The van der Waals surface area contributed by atoms with Crippen LogP contribution in [0.15, 0.2) is 46.1 Å². The maximum absolute atomic E-state index is 12.2. The molecule has 2 heterocycles. The molecular formula is C19H18N2O6. The number of benzene rings is 1. The summed E-state index contributed by atoms with van der Waals surface area (Å²) < 4.78 is 19.3. The molecule has 0 bridgehead atoms. The average molecular weight is 371 g/mol. The lowest BCUT2D eigenvalue weighted by atomic mass is 9.99. The normalized spacial score (nSPS) is 24.6. The van der Waals surface area contributed by atoms with E-state index >= 15 is 0 Å². The number of esters is 1. The first-order valence-corrected chi connectivity index (χ1v) is 8.20. The molecule has 8 heteroatoms. The summed E-state index contributed by atoms with van der Waals surface area (Å²) in [7, 11) is 0. The van der Waals surface area contributed by atoms with Gasteiger partial charge in [-0.2, -0.15) is 0 Å². The van der Waals surface area contributed by atoms with Crippen molar-refractivity contribution < 1.29 is 20.7 Å². The number of carbonyl (C=O) groups is 1. The highest BCUT2D eigenvalue weighted by Gasteiger charge is 2.49. The quantitative estimate of drug-likeness (QED) is 0.593. The maximum Gasteiger partial charge on any atom is 0.338 e. The van der Waals surface area contributed by atoms with Crippen molar-refractivity contribution in [2.45, 2.75) is 31.3 Å². The molecule has 0 spiro atoms. The van der Waals surface area contributed by atoms with Crippen molar-refractivity contribution in [2.24, 2.45) is 0 Å². The van der Waals surface area contributed by atoms with E-state index in [0.717, 1.165) is 4.57 Å². The van der Waals surface area contributed by atoms with Gasteiger partial charge in [-0.05, 0) is 19.1 Å². The molecule has 27 heavy (non-hydrogen) atoms. The molecule has 3 rings (SSSR count). The van der Waals surface area contributed by atoms with Crippen molar-refractivity contribution in [1.82, 2.24) is 9.55 Å². The van der Waals surface area contributed by atoms with E-state index in [1.807, 2.05) is 6.40 Å². The Hall–Kier alpha value is -3.15. The maximum atomic E-state index is 12.2. The van der Waals surface area contributed by atoms with Crippen molar-refractivity contribution in [3.8, 4) is 12.3 Å². The van der Waals surface area contributed by atoms with Crippen LogP contribution in [0.5, 0.6) is 0 Å². The number of hydrogen-bond acceptors (Lipinski definition) is 6. The molecule has 1 unspecified atom stereocenters. The third-order valence-corrected chi connectivity index (χ3v) is 4.40. The molecule has 0 saturated carbocycles. The van der Waals surface area contributed by atoms with Crippen LogP contribution >= 0.6 is 0 Å². The SMILES string of the molecule is [2H]C#C[C@]1(COC(=O)c2ccccc2)OC(n2cc(C)c(=O)[nH]c2=O)C[C@H]1O. The number of aryl methyl sites for hydroxylation is 1. The summed E-state index contributed by atoms with van der Waals surface area (Å²) in [5.74, 6) is 1.80. The number of nitrogens with zero attached hydrogens (tertiary/aromatic N) is 1. The molecule has 1 aliphatic rings. The van der Waals surface area contributed by atoms with E-state index in [1.165, 1.54) is 13.1 Å². The first kappa shape index (κ1) is 17.3. The van der Waals surface area contributed by atoms with E-state index in [9.17, 15) is 19.5 Å². The van der Waals surface area contributed by atoms with E-state index in [4.69, 9.17) is 10.8 Å². The summed E-state index contributed by atoms with van der Waals surface area (Å²) in [6.45, 7) is 1.10. The fraction of sp³-hybridized carbons (Fsp3) is 0.316. The molecule has 140 valence electrons. The van der Waals surface area contributed by atoms with Gasteiger partial charge in [0.05, 0.1) is 5.56 Å². The van der Waals surface area contributed by atoms with Gasteiger partial charge >= 0.3 is 11.7 Å². The van der Waals surface area contributed by atoms with Crippen LogP contribution in [0.2, 0.25) is 0 Å². The van der Waals surface area contributed by atoms with E-state index in [2.05, 4.69) is 10.9 Å². The number of aromatic amines is 1. The van der Waals surface area contributed by atoms with Crippen molar-refractivity contribution in [2.75, 3.05) is 6.61 Å². The van der Waals surface area contributed by atoms with Gasteiger partial charge in [0, 0.05) is 18.2 Å². The second-order valence-electron chi connectivity index (χ2n) is 6.26. The molecule has 0 amide bonds. The Morgan fingerprint density at radius 1 is 1.52 bits per heavy atom. The lowest BCUT2D eigenvalue weighted by Crippen LogP contribution is -2.43. The van der Waals surface area contributed by atoms with Gasteiger partial charge in [-0.25, -0.2) is 9.59 Å². The Labute approximate surface area is 155 Å². The molecule has 0 aliphatic carbocycles. The van der Waals surface area contributed by atoms with Crippen molar-refractivity contribution in [3.05, 3.63) is 68.5 Å². The van der Waals surface area contributed by atoms with E-state index in [-0.39, 0.29) is 12.0 Å². The van der Waals surface area contributed by atoms with Gasteiger partial charge in [0.25, 0.3) is 5.56 Å². The zero-order valence-corrected chi connectivity index (χ0v) is 14.5. The van der Waals surface area contributed by atoms with Gasteiger partial charge in [0.15, 0.2) is 5.60 Å². The number of H-pyrrole nitrogens is 1. The smallest absolute Gasteiger partial charge is 0.338 e. The Kier molecular flexibility index (Phi) is 4.62. The van der Waals surface area contributed by atoms with Crippen molar-refractivity contribution in [3.63, 3.8) is 0 Å². The first-order valence-electron chi connectivity index (χ1n) is 8.70. The fourth-order valence-corrected chi connectivity index (χ4v) is 2.83. The molecule has 0 radical (unpaired) electrons. The number of ether oxygens (including phenoxy) is 2. The number of aliphatic hydroxyl groups is 1. The third-order valence-electron chi connectivity index (χ3n) is 4.40. The summed E-state index contributed by atoms with van der Waals surface area (Å²) in [6.07, 6.45) is 1.04.